The number of halogens is 1. The molecule has 33 heavy (non-hydrogen) atoms. The lowest BCUT2D eigenvalue weighted by molar-refractivity contribution is 0.102. The van der Waals surface area contributed by atoms with Gasteiger partial charge in [0.25, 0.3) is 5.91 Å². The lowest BCUT2D eigenvalue weighted by atomic mass is 10.1. The Labute approximate surface area is 203 Å². The number of hydrogen-bond acceptors (Lipinski definition) is 4. The maximum atomic E-state index is 12.6. The van der Waals surface area contributed by atoms with Gasteiger partial charge in [0.1, 0.15) is 5.75 Å². The summed E-state index contributed by atoms with van der Waals surface area (Å²) in [4.78, 5) is 12.7. The van der Waals surface area contributed by atoms with Crippen molar-refractivity contribution in [3.05, 3.63) is 88.4 Å². The van der Waals surface area contributed by atoms with Crippen LogP contribution in [0, 0.1) is 5.92 Å². The third-order valence-electron chi connectivity index (χ3n) is 4.88. The number of hydrogen-bond donors (Lipinski definition) is 2. The number of benzene rings is 3. The number of carbonyl (C=O) groups excluding carboxylic acids is 1. The molecule has 0 spiro atoms. The van der Waals surface area contributed by atoms with E-state index < -0.39 is 10.0 Å². The van der Waals surface area contributed by atoms with Crippen molar-refractivity contribution >= 4 is 37.5 Å². The number of ether oxygens (including phenoxy) is 1. The summed E-state index contributed by atoms with van der Waals surface area (Å²) in [6.07, 6.45) is 0.947. The highest BCUT2D eigenvalue weighted by Crippen LogP contribution is 2.27. The van der Waals surface area contributed by atoms with Crippen LogP contribution in [0.5, 0.6) is 5.75 Å². The van der Waals surface area contributed by atoms with Crippen LogP contribution in [0.15, 0.2) is 82.2 Å². The van der Waals surface area contributed by atoms with Crippen molar-refractivity contribution in [3.8, 4) is 5.75 Å². The topological polar surface area (TPSA) is 84.5 Å². The van der Waals surface area contributed by atoms with E-state index in [2.05, 4.69) is 39.8 Å². The third-order valence-corrected chi connectivity index (χ3v) is 6.92. The van der Waals surface area contributed by atoms with E-state index in [1.807, 2.05) is 30.3 Å². The highest BCUT2D eigenvalue weighted by atomic mass is 79.9. The molecule has 0 aliphatic heterocycles. The minimum atomic E-state index is -3.66. The summed E-state index contributed by atoms with van der Waals surface area (Å²) in [5.41, 5.74) is 1.82. The first-order valence-electron chi connectivity index (χ1n) is 10.6. The van der Waals surface area contributed by atoms with E-state index in [0.717, 1.165) is 12.0 Å². The van der Waals surface area contributed by atoms with Crippen LogP contribution in [-0.2, 0) is 16.6 Å². The first kappa shape index (κ1) is 25.0. The molecule has 0 atom stereocenters. The van der Waals surface area contributed by atoms with Crippen LogP contribution in [0.4, 0.5) is 5.69 Å². The Bertz CT molecular complexity index is 1180. The van der Waals surface area contributed by atoms with Gasteiger partial charge in [-0.25, -0.2) is 13.1 Å². The van der Waals surface area contributed by atoms with Crippen LogP contribution < -0.4 is 14.8 Å². The van der Waals surface area contributed by atoms with Gasteiger partial charge in [-0.05, 0) is 76.3 Å². The molecule has 0 unspecified atom stereocenters. The largest absolute Gasteiger partial charge is 0.492 e. The highest BCUT2D eigenvalue weighted by Gasteiger charge is 2.15. The quantitative estimate of drug-likeness (QED) is 0.357. The van der Waals surface area contributed by atoms with Crippen molar-refractivity contribution in [1.29, 1.82) is 0 Å². The van der Waals surface area contributed by atoms with Crippen LogP contribution in [0.1, 0.15) is 36.2 Å². The summed E-state index contributed by atoms with van der Waals surface area (Å²) in [6.45, 7) is 5.08. The summed E-state index contributed by atoms with van der Waals surface area (Å²) in [5.74, 6) is 0.932. The maximum Gasteiger partial charge on any atom is 0.255 e. The third kappa shape index (κ3) is 7.42. The van der Waals surface area contributed by atoms with Gasteiger partial charge in [-0.2, -0.15) is 0 Å². The summed E-state index contributed by atoms with van der Waals surface area (Å²) in [7, 11) is -3.66. The van der Waals surface area contributed by atoms with E-state index in [0.29, 0.717) is 34.0 Å². The van der Waals surface area contributed by atoms with Crippen LogP contribution in [0.2, 0.25) is 0 Å². The summed E-state index contributed by atoms with van der Waals surface area (Å²) >= 11 is 3.45. The van der Waals surface area contributed by atoms with Gasteiger partial charge in [0.05, 0.1) is 16.0 Å². The van der Waals surface area contributed by atoms with Crippen LogP contribution in [-0.4, -0.2) is 20.9 Å². The number of carbonyl (C=O) groups is 1. The van der Waals surface area contributed by atoms with Gasteiger partial charge in [0, 0.05) is 17.8 Å². The van der Waals surface area contributed by atoms with Crippen molar-refractivity contribution in [1.82, 2.24) is 4.72 Å². The molecule has 0 aliphatic carbocycles. The zero-order valence-electron chi connectivity index (χ0n) is 18.5. The Balaban J connectivity index is 1.60. The number of amides is 1. The van der Waals surface area contributed by atoms with E-state index in [-0.39, 0.29) is 17.3 Å². The van der Waals surface area contributed by atoms with Gasteiger partial charge >= 0.3 is 0 Å². The van der Waals surface area contributed by atoms with Gasteiger partial charge in [-0.15, -0.1) is 0 Å². The second-order valence-electron chi connectivity index (χ2n) is 7.96. The Morgan fingerprint density at radius 2 is 1.70 bits per heavy atom. The van der Waals surface area contributed by atoms with Crippen LogP contribution in [0.3, 0.4) is 0 Å². The van der Waals surface area contributed by atoms with Crippen LogP contribution in [0.25, 0.3) is 0 Å². The molecule has 2 N–H and O–H groups in total. The Morgan fingerprint density at radius 1 is 1.00 bits per heavy atom. The molecule has 0 aliphatic rings. The fourth-order valence-electron chi connectivity index (χ4n) is 2.94. The zero-order chi connectivity index (χ0) is 23.8. The predicted molar refractivity (Wildman–Crippen MR) is 134 cm³/mol. The molecule has 3 aromatic rings. The first-order valence-corrected chi connectivity index (χ1v) is 12.9. The van der Waals surface area contributed by atoms with Gasteiger partial charge in [0.15, 0.2) is 0 Å². The highest BCUT2D eigenvalue weighted by molar-refractivity contribution is 9.10. The molecule has 0 saturated heterocycles. The average molecular weight is 531 g/mol. The van der Waals surface area contributed by atoms with Gasteiger partial charge in [0.2, 0.25) is 10.0 Å². The first-order chi connectivity index (χ1) is 15.7. The number of sulfonamides is 1. The van der Waals surface area contributed by atoms with Gasteiger partial charge in [-0.3, -0.25) is 4.79 Å². The lowest BCUT2D eigenvalue weighted by Crippen LogP contribution is -2.23. The van der Waals surface area contributed by atoms with E-state index >= 15 is 0 Å². The lowest BCUT2D eigenvalue weighted by Gasteiger charge is -2.12. The summed E-state index contributed by atoms with van der Waals surface area (Å²) in [6, 6.07) is 20.5. The molecule has 0 fully saturated rings. The SMILES string of the molecule is CC(C)CCOc1ccc(C(=O)Nc2ccc(S(=O)(=O)NCc3ccccc3)cc2)cc1Br. The van der Waals surface area contributed by atoms with Gasteiger partial charge in [-0.1, -0.05) is 44.2 Å². The molecular weight excluding hydrogens is 504 g/mol. The molecule has 0 saturated carbocycles. The van der Waals surface area contributed by atoms with Gasteiger partial charge < -0.3 is 10.1 Å². The molecule has 3 rings (SSSR count). The molecule has 0 aromatic heterocycles. The number of nitrogens with one attached hydrogen (secondary N) is 2. The van der Waals surface area contributed by atoms with Crippen molar-refractivity contribution in [2.24, 2.45) is 5.92 Å². The second kappa shape index (κ2) is 11.4. The fourth-order valence-corrected chi connectivity index (χ4v) is 4.45. The molecule has 6 nitrogen and oxygen atoms in total. The second-order valence-corrected chi connectivity index (χ2v) is 10.6. The Kier molecular flexibility index (Phi) is 8.66. The van der Waals surface area contributed by atoms with E-state index in [1.165, 1.54) is 12.1 Å². The molecule has 0 heterocycles. The summed E-state index contributed by atoms with van der Waals surface area (Å²) in [5, 5.41) is 2.78. The molecule has 0 bridgehead atoms. The maximum absolute atomic E-state index is 12.6. The minimum Gasteiger partial charge on any atom is -0.492 e. The monoisotopic (exact) mass is 530 g/mol. The Morgan fingerprint density at radius 3 is 2.33 bits per heavy atom. The summed E-state index contributed by atoms with van der Waals surface area (Å²) < 4.78 is 34.1. The molecule has 1 amide bonds. The van der Waals surface area contributed by atoms with Crippen LogP contribution >= 0.6 is 15.9 Å². The van der Waals surface area contributed by atoms with Crippen molar-refractivity contribution < 1.29 is 17.9 Å². The smallest absolute Gasteiger partial charge is 0.255 e. The molecular formula is C25H27BrN2O4S. The van der Waals surface area contributed by atoms with Crippen molar-refractivity contribution in [3.63, 3.8) is 0 Å². The van der Waals surface area contributed by atoms with E-state index in [1.54, 1.807) is 30.3 Å². The van der Waals surface area contributed by atoms with Crippen molar-refractivity contribution in [2.45, 2.75) is 31.7 Å². The molecule has 3 aromatic carbocycles. The number of rotatable bonds is 10. The zero-order valence-corrected chi connectivity index (χ0v) is 20.9. The van der Waals surface area contributed by atoms with E-state index in [9.17, 15) is 13.2 Å². The molecule has 8 heteroatoms. The average Bonchev–Trinajstić information content (AvgIpc) is 2.79. The normalized spacial score (nSPS) is 11.4. The Hall–Kier alpha value is -2.68. The van der Waals surface area contributed by atoms with E-state index in [4.69, 9.17) is 4.74 Å². The fraction of sp³-hybridized carbons (Fsp3) is 0.240. The molecule has 174 valence electrons. The van der Waals surface area contributed by atoms with Crippen molar-refractivity contribution in [2.75, 3.05) is 11.9 Å². The number of anilines is 1. The minimum absolute atomic E-state index is 0.127. The predicted octanol–water partition coefficient (Wildman–Crippen LogP) is 5.60. The molecule has 0 radical (unpaired) electrons. The standard InChI is InChI=1S/C25H27BrN2O4S/c1-18(2)14-15-32-24-13-8-20(16-23(24)26)25(29)28-21-9-11-22(12-10-21)33(30,31)27-17-19-6-4-3-5-7-19/h3-13,16,18,27H,14-15,17H2,1-2H3,(H,28,29).